The zero-order valence-corrected chi connectivity index (χ0v) is 17.6. The number of carbonyl (C=O) groups excluding carboxylic acids is 1. The fourth-order valence-corrected chi connectivity index (χ4v) is 4.45. The molecule has 0 aromatic heterocycles. The largest absolute Gasteiger partial charge is 0.337 e. The number of sulfonamides is 1. The van der Waals surface area contributed by atoms with Crippen molar-refractivity contribution in [2.45, 2.75) is 0 Å². The van der Waals surface area contributed by atoms with Crippen molar-refractivity contribution in [3.05, 3.63) is 81.7 Å². The smallest absolute Gasteiger partial charge is 0.246 e. The number of halogens is 1. The van der Waals surface area contributed by atoms with Gasteiger partial charge in [-0.05, 0) is 35.4 Å². The molecular weight excluding hydrogens is 440 g/mol. The van der Waals surface area contributed by atoms with Crippen LogP contribution in [0.4, 0.5) is 0 Å². The second kappa shape index (κ2) is 9.32. The van der Waals surface area contributed by atoms with E-state index < -0.39 is 10.0 Å². The van der Waals surface area contributed by atoms with Gasteiger partial charge in [0.05, 0.1) is 0 Å². The van der Waals surface area contributed by atoms with E-state index in [2.05, 4.69) is 15.9 Å². The highest BCUT2D eigenvalue weighted by Crippen LogP contribution is 2.14. The fraction of sp³-hybridized carbons (Fsp3) is 0.190. The topological polar surface area (TPSA) is 57.7 Å². The van der Waals surface area contributed by atoms with Gasteiger partial charge in [0, 0.05) is 42.1 Å². The number of hydrogen-bond donors (Lipinski definition) is 0. The Morgan fingerprint density at radius 1 is 0.893 bits per heavy atom. The summed E-state index contributed by atoms with van der Waals surface area (Å²) in [5.74, 6) is -0.114. The number of amides is 1. The lowest BCUT2D eigenvalue weighted by atomic mass is 10.2. The maximum atomic E-state index is 12.5. The molecule has 146 valence electrons. The first-order valence-corrected chi connectivity index (χ1v) is 11.2. The molecule has 5 nitrogen and oxygen atoms in total. The minimum absolute atomic E-state index is 0.114. The van der Waals surface area contributed by atoms with E-state index >= 15 is 0 Å². The summed E-state index contributed by atoms with van der Waals surface area (Å²) in [6.07, 6.45) is 4.88. The van der Waals surface area contributed by atoms with Crippen LogP contribution >= 0.6 is 15.9 Å². The molecule has 0 saturated carbocycles. The Balaban J connectivity index is 1.56. The van der Waals surface area contributed by atoms with Crippen LogP contribution < -0.4 is 0 Å². The summed E-state index contributed by atoms with van der Waals surface area (Å²) in [4.78, 5) is 14.0. The molecule has 0 bridgehead atoms. The van der Waals surface area contributed by atoms with Gasteiger partial charge in [0.2, 0.25) is 15.9 Å². The highest BCUT2D eigenvalue weighted by atomic mass is 79.9. The molecule has 1 saturated heterocycles. The molecule has 1 aliphatic heterocycles. The first kappa shape index (κ1) is 20.5. The van der Waals surface area contributed by atoms with Crippen LogP contribution in [0.3, 0.4) is 0 Å². The molecule has 0 unspecified atom stereocenters. The van der Waals surface area contributed by atoms with Gasteiger partial charge in [0.25, 0.3) is 0 Å². The number of piperazine rings is 1. The molecule has 3 rings (SSSR count). The minimum Gasteiger partial charge on any atom is -0.337 e. The van der Waals surface area contributed by atoms with Crippen molar-refractivity contribution in [1.82, 2.24) is 9.21 Å². The van der Waals surface area contributed by atoms with Gasteiger partial charge in [-0.1, -0.05) is 58.4 Å². The average Bonchev–Trinajstić information content (AvgIpc) is 2.71. The molecule has 1 fully saturated rings. The van der Waals surface area contributed by atoms with Gasteiger partial charge in [-0.15, -0.1) is 0 Å². The van der Waals surface area contributed by atoms with Crippen molar-refractivity contribution in [1.29, 1.82) is 0 Å². The monoisotopic (exact) mass is 460 g/mol. The SMILES string of the molecule is O=C(/C=C/c1cccc(Br)c1)N1CCN(S(=O)(=O)/C=C/c2ccccc2)CC1. The number of hydrogen-bond acceptors (Lipinski definition) is 3. The third-order valence-corrected chi connectivity index (χ3v) is 6.47. The van der Waals surface area contributed by atoms with E-state index in [0.29, 0.717) is 13.1 Å². The Labute approximate surface area is 174 Å². The quantitative estimate of drug-likeness (QED) is 0.640. The Hall–Kier alpha value is -2.22. The van der Waals surface area contributed by atoms with Gasteiger partial charge in [-0.2, -0.15) is 4.31 Å². The lowest BCUT2D eigenvalue weighted by Crippen LogP contribution is -2.49. The summed E-state index contributed by atoms with van der Waals surface area (Å²) in [5.41, 5.74) is 1.76. The molecule has 0 spiro atoms. The Bertz CT molecular complexity index is 980. The Morgan fingerprint density at radius 3 is 2.25 bits per heavy atom. The molecule has 2 aromatic rings. The van der Waals surface area contributed by atoms with Crippen molar-refractivity contribution in [3.63, 3.8) is 0 Å². The van der Waals surface area contributed by atoms with E-state index in [4.69, 9.17) is 0 Å². The van der Waals surface area contributed by atoms with Crippen LogP contribution in [0.25, 0.3) is 12.2 Å². The molecule has 28 heavy (non-hydrogen) atoms. The second-order valence-corrected chi connectivity index (χ2v) is 9.11. The van der Waals surface area contributed by atoms with Gasteiger partial charge in [-0.25, -0.2) is 8.42 Å². The molecule has 2 aromatic carbocycles. The average molecular weight is 461 g/mol. The van der Waals surface area contributed by atoms with Crippen molar-refractivity contribution >= 4 is 44.0 Å². The lowest BCUT2D eigenvalue weighted by molar-refractivity contribution is -0.127. The minimum atomic E-state index is -3.50. The van der Waals surface area contributed by atoms with Gasteiger partial charge >= 0.3 is 0 Å². The van der Waals surface area contributed by atoms with Crippen LogP contribution in [-0.2, 0) is 14.8 Å². The van der Waals surface area contributed by atoms with Crippen molar-refractivity contribution in [2.75, 3.05) is 26.2 Å². The highest BCUT2D eigenvalue weighted by molar-refractivity contribution is 9.10. The summed E-state index contributed by atoms with van der Waals surface area (Å²) in [7, 11) is -3.50. The Kier molecular flexibility index (Phi) is 6.83. The summed E-state index contributed by atoms with van der Waals surface area (Å²) in [5, 5.41) is 1.23. The predicted molar refractivity (Wildman–Crippen MR) is 116 cm³/mol. The predicted octanol–water partition coefficient (Wildman–Crippen LogP) is 3.61. The molecule has 1 heterocycles. The van der Waals surface area contributed by atoms with Crippen molar-refractivity contribution < 1.29 is 13.2 Å². The van der Waals surface area contributed by atoms with Crippen LogP contribution in [0.2, 0.25) is 0 Å². The molecule has 0 N–H and O–H groups in total. The standard InChI is InChI=1S/C21H21BrN2O3S/c22-20-8-4-7-19(17-20)9-10-21(25)23-12-14-24(15-13-23)28(26,27)16-11-18-5-2-1-3-6-18/h1-11,16-17H,12-15H2/b10-9+,16-11+. The third kappa shape index (κ3) is 5.64. The zero-order valence-electron chi connectivity index (χ0n) is 15.2. The molecular formula is C21H21BrN2O3S. The highest BCUT2D eigenvalue weighted by Gasteiger charge is 2.26. The van der Waals surface area contributed by atoms with E-state index in [1.807, 2.05) is 54.6 Å². The molecule has 0 aliphatic carbocycles. The molecule has 0 radical (unpaired) electrons. The van der Waals surface area contributed by atoms with E-state index in [9.17, 15) is 13.2 Å². The zero-order chi connectivity index (χ0) is 20.0. The number of carbonyl (C=O) groups is 1. The molecule has 7 heteroatoms. The van der Waals surface area contributed by atoms with E-state index in [0.717, 1.165) is 15.6 Å². The third-order valence-electron chi connectivity index (χ3n) is 4.41. The maximum absolute atomic E-state index is 12.5. The fourth-order valence-electron chi connectivity index (χ4n) is 2.86. The van der Waals surface area contributed by atoms with Crippen molar-refractivity contribution in [2.24, 2.45) is 0 Å². The maximum Gasteiger partial charge on any atom is 0.246 e. The normalized spacial score (nSPS) is 16.1. The second-order valence-electron chi connectivity index (χ2n) is 6.37. The summed E-state index contributed by atoms with van der Waals surface area (Å²) in [6, 6.07) is 17.0. The lowest BCUT2D eigenvalue weighted by Gasteiger charge is -2.32. The van der Waals surface area contributed by atoms with Crippen LogP contribution in [0, 0.1) is 0 Å². The van der Waals surface area contributed by atoms with Gasteiger partial charge < -0.3 is 4.90 Å². The van der Waals surface area contributed by atoms with E-state index in [-0.39, 0.29) is 19.0 Å². The molecule has 1 aliphatic rings. The van der Waals surface area contributed by atoms with Crippen molar-refractivity contribution in [3.8, 4) is 0 Å². The molecule has 1 amide bonds. The first-order valence-electron chi connectivity index (χ1n) is 8.90. The summed E-state index contributed by atoms with van der Waals surface area (Å²) in [6.45, 7) is 1.33. The number of nitrogens with zero attached hydrogens (tertiary/aromatic N) is 2. The van der Waals surface area contributed by atoms with E-state index in [1.165, 1.54) is 15.8 Å². The number of benzene rings is 2. The van der Waals surface area contributed by atoms with Crippen LogP contribution in [0.1, 0.15) is 11.1 Å². The van der Waals surface area contributed by atoms with Gasteiger partial charge in [0.15, 0.2) is 0 Å². The van der Waals surface area contributed by atoms with Crippen LogP contribution in [0.5, 0.6) is 0 Å². The van der Waals surface area contributed by atoms with Crippen LogP contribution in [0.15, 0.2) is 70.6 Å². The summed E-state index contributed by atoms with van der Waals surface area (Å²) < 4.78 is 27.4. The Morgan fingerprint density at radius 2 is 1.57 bits per heavy atom. The molecule has 0 atom stereocenters. The van der Waals surface area contributed by atoms with Crippen LogP contribution in [-0.4, -0.2) is 49.7 Å². The summed E-state index contributed by atoms with van der Waals surface area (Å²) >= 11 is 3.40. The first-order chi connectivity index (χ1) is 13.4. The number of rotatable bonds is 5. The van der Waals surface area contributed by atoms with Gasteiger partial charge in [0.1, 0.15) is 0 Å². The van der Waals surface area contributed by atoms with Gasteiger partial charge in [-0.3, -0.25) is 4.79 Å². The van der Waals surface area contributed by atoms with E-state index in [1.54, 1.807) is 17.1 Å².